The molecule has 3 heteroatoms. The van der Waals surface area contributed by atoms with E-state index in [0.717, 1.165) is 24.4 Å². The monoisotopic (exact) mass is 303 g/mol. The Morgan fingerprint density at radius 2 is 1.57 bits per heavy atom. The number of hydrogen-bond donors (Lipinski definition) is 1. The zero-order valence-electron chi connectivity index (χ0n) is 12.6. The van der Waals surface area contributed by atoms with Crippen molar-refractivity contribution in [2.75, 3.05) is 6.54 Å². The van der Waals surface area contributed by atoms with Gasteiger partial charge in [0.05, 0.1) is 0 Å². The molecular weight excluding hydrogens is 281 g/mol. The second-order valence-electron chi connectivity index (χ2n) is 5.58. The molecule has 2 aromatic rings. The summed E-state index contributed by atoms with van der Waals surface area (Å²) in [5, 5.41) is 3.44. The van der Waals surface area contributed by atoms with Crippen LogP contribution in [0.3, 0.4) is 0 Å². The van der Waals surface area contributed by atoms with Gasteiger partial charge in [-0.05, 0) is 47.9 Å². The summed E-state index contributed by atoms with van der Waals surface area (Å²) < 4.78 is 12.8. The largest absolute Gasteiger partial charge is 0.312 e. The highest BCUT2D eigenvalue weighted by Crippen LogP contribution is 2.23. The van der Waals surface area contributed by atoms with Gasteiger partial charge in [-0.1, -0.05) is 38.1 Å². The highest BCUT2D eigenvalue weighted by Gasteiger charge is 1.99. The molecule has 1 N–H and O–H groups in total. The van der Waals surface area contributed by atoms with Crippen LogP contribution in [0.2, 0.25) is 0 Å². The van der Waals surface area contributed by atoms with Crippen LogP contribution < -0.4 is 5.32 Å². The summed E-state index contributed by atoms with van der Waals surface area (Å²) in [6.45, 7) is 6.38. The summed E-state index contributed by atoms with van der Waals surface area (Å²) in [5.41, 5.74) is 2.45. The molecule has 0 spiro atoms. The minimum atomic E-state index is -0.179. The Morgan fingerprint density at radius 1 is 0.952 bits per heavy atom. The minimum Gasteiger partial charge on any atom is -0.312 e. The maximum atomic E-state index is 12.8. The van der Waals surface area contributed by atoms with Gasteiger partial charge >= 0.3 is 0 Å². The van der Waals surface area contributed by atoms with Gasteiger partial charge in [-0.25, -0.2) is 4.39 Å². The molecule has 0 bridgehead atoms. The zero-order chi connectivity index (χ0) is 15.1. The molecule has 0 aliphatic carbocycles. The van der Waals surface area contributed by atoms with Crippen molar-refractivity contribution in [3.8, 4) is 0 Å². The van der Waals surface area contributed by atoms with Gasteiger partial charge in [0.25, 0.3) is 0 Å². The van der Waals surface area contributed by atoms with Gasteiger partial charge in [-0.2, -0.15) is 0 Å². The van der Waals surface area contributed by atoms with E-state index in [1.54, 1.807) is 11.8 Å². The van der Waals surface area contributed by atoms with E-state index in [2.05, 4.69) is 43.4 Å². The molecule has 21 heavy (non-hydrogen) atoms. The molecule has 0 amide bonds. The molecule has 0 saturated carbocycles. The van der Waals surface area contributed by atoms with E-state index in [4.69, 9.17) is 0 Å². The predicted molar refractivity (Wildman–Crippen MR) is 88.9 cm³/mol. The van der Waals surface area contributed by atoms with Crippen LogP contribution in [0.25, 0.3) is 0 Å². The van der Waals surface area contributed by atoms with E-state index in [9.17, 15) is 4.39 Å². The Balaban J connectivity index is 1.80. The Labute approximate surface area is 131 Å². The van der Waals surface area contributed by atoms with Gasteiger partial charge < -0.3 is 5.32 Å². The quantitative estimate of drug-likeness (QED) is 0.733. The number of rotatable bonds is 7. The van der Waals surface area contributed by atoms with Crippen LogP contribution in [0, 0.1) is 11.7 Å². The topological polar surface area (TPSA) is 12.0 Å². The van der Waals surface area contributed by atoms with Gasteiger partial charge in [-0.3, -0.25) is 0 Å². The van der Waals surface area contributed by atoms with Crippen molar-refractivity contribution in [2.45, 2.75) is 31.0 Å². The number of hydrogen-bond acceptors (Lipinski definition) is 2. The standard InChI is InChI=1S/C18H22FNS/c1-14(2)11-20-12-15-5-9-18(10-6-15)21-13-16-3-7-17(19)8-4-16/h3-10,14,20H,11-13H2,1-2H3. The van der Waals surface area contributed by atoms with Crippen LogP contribution >= 0.6 is 11.8 Å². The second-order valence-corrected chi connectivity index (χ2v) is 6.63. The first-order valence-electron chi connectivity index (χ1n) is 7.30. The summed E-state index contributed by atoms with van der Waals surface area (Å²) in [4.78, 5) is 1.24. The molecule has 2 rings (SSSR count). The summed E-state index contributed by atoms with van der Waals surface area (Å²) >= 11 is 1.77. The number of thioether (sulfide) groups is 1. The maximum Gasteiger partial charge on any atom is 0.123 e. The van der Waals surface area contributed by atoms with Crippen LogP contribution in [-0.4, -0.2) is 6.54 Å². The van der Waals surface area contributed by atoms with E-state index in [1.165, 1.54) is 22.6 Å². The van der Waals surface area contributed by atoms with Crippen molar-refractivity contribution < 1.29 is 4.39 Å². The van der Waals surface area contributed by atoms with Crippen LogP contribution in [0.4, 0.5) is 4.39 Å². The molecular formula is C18H22FNS. The minimum absolute atomic E-state index is 0.179. The first kappa shape index (κ1) is 16.1. The third-order valence-electron chi connectivity index (χ3n) is 3.12. The lowest BCUT2D eigenvalue weighted by atomic mass is 10.2. The first-order valence-corrected chi connectivity index (χ1v) is 8.29. The Kier molecular flexibility index (Phi) is 6.27. The molecule has 2 aromatic carbocycles. The van der Waals surface area contributed by atoms with Crippen LogP contribution in [0.15, 0.2) is 53.4 Å². The number of nitrogens with one attached hydrogen (secondary N) is 1. The second kappa shape index (κ2) is 8.20. The maximum absolute atomic E-state index is 12.8. The van der Waals surface area contributed by atoms with Crippen molar-refractivity contribution in [2.24, 2.45) is 5.92 Å². The highest BCUT2D eigenvalue weighted by molar-refractivity contribution is 7.98. The van der Waals surface area contributed by atoms with E-state index >= 15 is 0 Å². The van der Waals surface area contributed by atoms with Crippen molar-refractivity contribution in [3.63, 3.8) is 0 Å². The highest BCUT2D eigenvalue weighted by atomic mass is 32.2. The van der Waals surface area contributed by atoms with Crippen molar-refractivity contribution in [1.82, 2.24) is 5.32 Å². The third-order valence-corrected chi connectivity index (χ3v) is 4.21. The van der Waals surface area contributed by atoms with Crippen molar-refractivity contribution in [1.29, 1.82) is 0 Å². The zero-order valence-corrected chi connectivity index (χ0v) is 13.4. The molecule has 0 unspecified atom stereocenters. The number of halogens is 1. The average Bonchev–Trinajstić information content (AvgIpc) is 2.48. The molecule has 0 aliphatic heterocycles. The van der Waals surface area contributed by atoms with Crippen LogP contribution in [0.5, 0.6) is 0 Å². The summed E-state index contributed by atoms with van der Waals surface area (Å²) in [6, 6.07) is 15.3. The predicted octanol–water partition coefficient (Wildman–Crippen LogP) is 4.86. The van der Waals surface area contributed by atoms with E-state index in [1.807, 2.05) is 12.1 Å². The SMILES string of the molecule is CC(C)CNCc1ccc(SCc2ccc(F)cc2)cc1. The summed E-state index contributed by atoms with van der Waals surface area (Å²) in [7, 11) is 0. The average molecular weight is 303 g/mol. The molecule has 0 aromatic heterocycles. The van der Waals surface area contributed by atoms with Crippen LogP contribution in [0.1, 0.15) is 25.0 Å². The van der Waals surface area contributed by atoms with Crippen LogP contribution in [-0.2, 0) is 12.3 Å². The van der Waals surface area contributed by atoms with E-state index in [0.29, 0.717) is 5.92 Å². The molecule has 0 atom stereocenters. The lowest BCUT2D eigenvalue weighted by Gasteiger charge is -2.08. The Morgan fingerprint density at radius 3 is 2.19 bits per heavy atom. The van der Waals surface area contributed by atoms with Crippen molar-refractivity contribution >= 4 is 11.8 Å². The van der Waals surface area contributed by atoms with Gasteiger partial charge in [-0.15, -0.1) is 11.8 Å². The Bertz CT molecular complexity index is 534. The molecule has 112 valence electrons. The van der Waals surface area contributed by atoms with Gasteiger partial charge in [0, 0.05) is 17.2 Å². The lowest BCUT2D eigenvalue weighted by molar-refractivity contribution is 0.552. The first-order chi connectivity index (χ1) is 10.1. The molecule has 0 radical (unpaired) electrons. The van der Waals surface area contributed by atoms with Gasteiger partial charge in [0.2, 0.25) is 0 Å². The van der Waals surface area contributed by atoms with Gasteiger partial charge in [0.15, 0.2) is 0 Å². The fourth-order valence-electron chi connectivity index (χ4n) is 1.96. The third kappa shape index (κ3) is 5.90. The lowest BCUT2D eigenvalue weighted by Crippen LogP contribution is -2.18. The molecule has 0 heterocycles. The molecule has 0 saturated heterocycles. The molecule has 1 nitrogen and oxygen atoms in total. The summed E-state index contributed by atoms with van der Waals surface area (Å²) in [6.07, 6.45) is 0. The van der Waals surface area contributed by atoms with Crippen molar-refractivity contribution in [3.05, 3.63) is 65.5 Å². The number of benzene rings is 2. The van der Waals surface area contributed by atoms with E-state index < -0.39 is 0 Å². The fourth-order valence-corrected chi connectivity index (χ4v) is 2.81. The Hall–Kier alpha value is -1.32. The fraction of sp³-hybridized carbons (Fsp3) is 0.333. The van der Waals surface area contributed by atoms with Gasteiger partial charge in [0.1, 0.15) is 5.82 Å². The normalized spacial score (nSPS) is 11.0. The molecule has 0 aliphatic rings. The molecule has 0 fully saturated rings. The smallest absolute Gasteiger partial charge is 0.123 e. The van der Waals surface area contributed by atoms with E-state index in [-0.39, 0.29) is 5.82 Å². The summed E-state index contributed by atoms with van der Waals surface area (Å²) in [5.74, 6) is 1.36.